The Morgan fingerprint density at radius 3 is 2.04 bits per heavy atom. The Balaban J connectivity index is 0. The molecular weight excluding hydrogens is 349 g/mol. The average molecular weight is 380 g/mol. The summed E-state index contributed by atoms with van der Waals surface area (Å²) in [5.74, 6) is -0.0703. The zero-order valence-electron chi connectivity index (χ0n) is 12.8. The molecule has 0 heterocycles. The second-order valence-corrected chi connectivity index (χ2v) is 7.16. The topological polar surface area (TPSA) is 29.1 Å². The minimum absolute atomic E-state index is 0. The van der Waals surface area contributed by atoms with Crippen LogP contribution in [0.5, 0.6) is 0 Å². The number of rotatable bonds is 4. The molecule has 5 heteroatoms. The smallest absolute Gasteiger partial charge is 0.230 e. The molecule has 0 radical (unpaired) electrons. The summed E-state index contributed by atoms with van der Waals surface area (Å²) < 4.78 is -0.946. The summed E-state index contributed by atoms with van der Waals surface area (Å²) in [6, 6.07) is 8.10. The highest BCUT2D eigenvalue weighted by Gasteiger charge is 2.76. The summed E-state index contributed by atoms with van der Waals surface area (Å²) in [6.07, 6.45) is 0.646. The van der Waals surface area contributed by atoms with E-state index in [1.54, 1.807) is 0 Å². The van der Waals surface area contributed by atoms with Crippen LogP contribution in [0.2, 0.25) is 0 Å². The van der Waals surface area contributed by atoms with Gasteiger partial charge in [-0.1, -0.05) is 58.5 Å². The number of alkyl halides is 2. The zero-order chi connectivity index (χ0) is 15.1. The van der Waals surface area contributed by atoms with Crippen molar-refractivity contribution in [2.45, 2.75) is 59.3 Å². The lowest BCUT2D eigenvalue weighted by atomic mass is 9.98. The maximum absolute atomic E-state index is 12.6. The van der Waals surface area contributed by atoms with Gasteiger partial charge < -0.3 is 5.32 Å². The van der Waals surface area contributed by atoms with Crippen LogP contribution in [-0.4, -0.2) is 10.2 Å². The maximum atomic E-state index is 12.6. The normalized spacial score (nSPS) is 25.0. The molecule has 0 bridgehead atoms. The first-order chi connectivity index (χ1) is 9.27. The van der Waals surface area contributed by atoms with Crippen molar-refractivity contribution < 1.29 is 4.79 Å². The van der Waals surface area contributed by atoms with E-state index in [0.717, 1.165) is 5.56 Å². The number of hydrogen-bond donors (Lipinski definition) is 1. The van der Waals surface area contributed by atoms with Crippen molar-refractivity contribution in [2.24, 2.45) is 11.3 Å². The van der Waals surface area contributed by atoms with Gasteiger partial charge in [0, 0.05) is 5.92 Å². The Bertz CT molecular complexity index is 518. The fraction of sp³-hybridized carbons (Fsp3) is 0.611. The summed E-state index contributed by atoms with van der Waals surface area (Å²) in [4.78, 5) is 12.6. The van der Waals surface area contributed by atoms with Crippen LogP contribution in [-0.2, 0) is 4.79 Å². The van der Waals surface area contributed by atoms with Gasteiger partial charge in [0.25, 0.3) is 0 Å². The number of carbonyl (C=O) groups excluding carboxylic acids is 1. The molecular formula is C18H31Cl2NOS. The lowest BCUT2D eigenvalue weighted by molar-refractivity contribution is -0.127. The highest BCUT2D eigenvalue weighted by atomic mass is 35.5. The molecule has 1 aliphatic rings. The van der Waals surface area contributed by atoms with E-state index in [0.29, 0.717) is 6.42 Å². The van der Waals surface area contributed by atoms with Crippen molar-refractivity contribution in [3.8, 4) is 0 Å². The van der Waals surface area contributed by atoms with Gasteiger partial charge >= 0.3 is 0 Å². The molecule has 1 N–H and O–H groups in total. The van der Waals surface area contributed by atoms with Crippen LogP contribution in [0.4, 0.5) is 0 Å². The standard InChI is InChI=1S/C16H21Cl2NO.2CH4.H2S/c1-5-15(12(4)16(15,17)18)14(20)19-11(3)13-8-6-10(2)7-9-13;;;/h6-9,11-12H,5H2,1-4H3,(H,19,20);2*1H4;1H2/t11?,12-,15+;;;/m0.../s1. The zero-order valence-corrected chi connectivity index (χ0v) is 15.3. The highest BCUT2D eigenvalue weighted by Crippen LogP contribution is 2.70. The molecule has 2 nitrogen and oxygen atoms in total. The first-order valence-corrected chi connectivity index (χ1v) is 7.78. The minimum atomic E-state index is -0.946. The molecule has 1 aromatic carbocycles. The van der Waals surface area contributed by atoms with Crippen molar-refractivity contribution in [1.29, 1.82) is 0 Å². The van der Waals surface area contributed by atoms with Crippen molar-refractivity contribution in [1.82, 2.24) is 5.32 Å². The van der Waals surface area contributed by atoms with Crippen LogP contribution in [0.25, 0.3) is 0 Å². The lowest BCUT2D eigenvalue weighted by Gasteiger charge is -2.21. The number of halogens is 2. The van der Waals surface area contributed by atoms with Crippen LogP contribution in [0.15, 0.2) is 24.3 Å². The summed E-state index contributed by atoms with van der Waals surface area (Å²) >= 11 is 12.5. The number of amides is 1. The first-order valence-electron chi connectivity index (χ1n) is 7.02. The lowest BCUT2D eigenvalue weighted by Crippen LogP contribution is -2.36. The van der Waals surface area contributed by atoms with Gasteiger partial charge in [0.05, 0.1) is 11.5 Å². The molecule has 0 spiro atoms. The van der Waals surface area contributed by atoms with Crippen molar-refractivity contribution >= 4 is 42.6 Å². The molecule has 23 heavy (non-hydrogen) atoms. The maximum Gasteiger partial charge on any atom is 0.230 e. The Labute approximate surface area is 158 Å². The summed E-state index contributed by atoms with van der Waals surface area (Å²) in [6.45, 7) is 7.90. The molecule has 2 rings (SSSR count). The molecule has 0 saturated heterocycles. The van der Waals surface area contributed by atoms with Crippen LogP contribution in [0, 0.1) is 18.3 Å². The Kier molecular flexibility index (Phi) is 9.34. The molecule has 134 valence electrons. The molecule has 1 saturated carbocycles. The molecule has 0 aliphatic heterocycles. The van der Waals surface area contributed by atoms with E-state index in [-0.39, 0.29) is 46.2 Å². The van der Waals surface area contributed by atoms with E-state index >= 15 is 0 Å². The van der Waals surface area contributed by atoms with Crippen molar-refractivity contribution in [2.75, 3.05) is 0 Å². The third-order valence-corrected chi connectivity index (χ3v) is 6.01. The van der Waals surface area contributed by atoms with Crippen LogP contribution in [0.3, 0.4) is 0 Å². The summed E-state index contributed by atoms with van der Waals surface area (Å²) in [7, 11) is 0. The van der Waals surface area contributed by atoms with E-state index < -0.39 is 9.75 Å². The van der Waals surface area contributed by atoms with Gasteiger partial charge in [0.15, 0.2) is 0 Å². The minimum Gasteiger partial charge on any atom is -0.349 e. The SMILES string of the molecule is C.C.CC[C@]1(C(=O)NC(C)c2ccc(C)cc2)[C@H](C)C1(Cl)Cl.S. The largest absolute Gasteiger partial charge is 0.349 e. The van der Waals surface area contributed by atoms with Gasteiger partial charge in [-0.3, -0.25) is 4.79 Å². The van der Waals surface area contributed by atoms with Gasteiger partial charge in [-0.05, 0) is 25.8 Å². The Morgan fingerprint density at radius 1 is 1.26 bits per heavy atom. The van der Waals surface area contributed by atoms with Crippen molar-refractivity contribution in [3.63, 3.8) is 0 Å². The molecule has 1 unspecified atom stereocenters. The molecule has 1 aliphatic carbocycles. The van der Waals surface area contributed by atoms with E-state index in [1.807, 2.05) is 52.0 Å². The van der Waals surface area contributed by atoms with E-state index in [2.05, 4.69) is 5.32 Å². The molecule has 1 aromatic rings. The highest BCUT2D eigenvalue weighted by molar-refractivity contribution is 7.59. The molecule has 1 amide bonds. The fourth-order valence-electron chi connectivity index (χ4n) is 2.95. The number of nitrogens with one attached hydrogen (secondary N) is 1. The second-order valence-electron chi connectivity index (χ2n) is 5.78. The summed E-state index contributed by atoms with van der Waals surface area (Å²) in [5.41, 5.74) is 1.63. The quantitative estimate of drug-likeness (QED) is 0.660. The monoisotopic (exact) mass is 379 g/mol. The van der Waals surface area contributed by atoms with E-state index in [9.17, 15) is 4.79 Å². The van der Waals surface area contributed by atoms with Crippen molar-refractivity contribution in [3.05, 3.63) is 35.4 Å². The summed E-state index contributed by atoms with van der Waals surface area (Å²) in [5, 5.41) is 3.05. The number of benzene rings is 1. The third-order valence-electron chi connectivity index (χ3n) is 4.68. The Morgan fingerprint density at radius 2 is 1.70 bits per heavy atom. The van der Waals surface area contributed by atoms with Gasteiger partial charge in [-0.25, -0.2) is 0 Å². The third kappa shape index (κ3) is 4.00. The van der Waals surface area contributed by atoms with Crippen LogP contribution >= 0.6 is 36.7 Å². The van der Waals surface area contributed by atoms with E-state index in [1.165, 1.54) is 5.56 Å². The molecule has 3 atom stereocenters. The van der Waals surface area contributed by atoms with Gasteiger partial charge in [-0.15, -0.1) is 23.2 Å². The molecule has 0 aromatic heterocycles. The predicted octanol–water partition coefficient (Wildman–Crippen LogP) is 5.78. The van der Waals surface area contributed by atoms with Gasteiger partial charge in [0.2, 0.25) is 5.91 Å². The average Bonchev–Trinajstić information content (AvgIpc) is 2.84. The van der Waals surface area contributed by atoms with Gasteiger partial charge in [0.1, 0.15) is 4.33 Å². The number of aryl methyl sites for hydroxylation is 1. The van der Waals surface area contributed by atoms with Gasteiger partial charge in [-0.2, -0.15) is 13.5 Å². The predicted molar refractivity (Wildman–Crippen MR) is 108 cm³/mol. The van der Waals surface area contributed by atoms with E-state index in [4.69, 9.17) is 23.2 Å². The number of carbonyl (C=O) groups is 1. The fourth-order valence-corrected chi connectivity index (χ4v) is 3.98. The Hall–Kier alpha value is -0.380. The second kappa shape index (κ2) is 8.64. The first kappa shape index (κ1) is 24.9. The van der Waals surface area contributed by atoms with Crippen LogP contribution < -0.4 is 5.32 Å². The molecule has 1 fully saturated rings. The number of hydrogen-bond acceptors (Lipinski definition) is 1. The van der Waals surface area contributed by atoms with Crippen LogP contribution in [0.1, 0.15) is 59.2 Å².